The average Bonchev–Trinajstić information content (AvgIpc) is 2.18. The van der Waals surface area contributed by atoms with E-state index in [2.05, 4.69) is 20.8 Å². The van der Waals surface area contributed by atoms with Crippen molar-refractivity contribution in [2.75, 3.05) is 0 Å². The first-order valence-corrected chi connectivity index (χ1v) is 5.23. The molecule has 0 radical (unpaired) electrons. The fourth-order valence-corrected chi connectivity index (χ4v) is 1.30. The van der Waals surface area contributed by atoms with E-state index in [0.717, 1.165) is 6.42 Å². The Morgan fingerprint density at radius 1 is 1.27 bits per heavy atom. The molecule has 1 nitrogen and oxygen atoms in total. The number of ketones is 1. The molecule has 0 fully saturated rings. The van der Waals surface area contributed by atoms with Crippen LogP contribution in [0.5, 0.6) is 0 Å². The van der Waals surface area contributed by atoms with Crippen LogP contribution in [0.1, 0.15) is 44.0 Å². The molecule has 0 atom stereocenters. The molecule has 0 aromatic heterocycles. The zero-order chi connectivity index (χ0) is 11.5. The Morgan fingerprint density at radius 2 is 1.80 bits per heavy atom. The van der Waals surface area contributed by atoms with E-state index in [-0.39, 0.29) is 17.0 Å². The summed E-state index contributed by atoms with van der Waals surface area (Å²) in [5.41, 5.74) is 0.615. The minimum Gasteiger partial charge on any atom is -0.294 e. The molecule has 0 aliphatic heterocycles. The van der Waals surface area contributed by atoms with Gasteiger partial charge in [-0.2, -0.15) is 0 Å². The van der Waals surface area contributed by atoms with E-state index in [1.807, 2.05) is 0 Å². The lowest BCUT2D eigenvalue weighted by atomic mass is 9.83. The molecule has 0 saturated carbocycles. The molecular formula is C13H17FO. The van der Waals surface area contributed by atoms with Crippen molar-refractivity contribution in [2.45, 2.75) is 33.6 Å². The van der Waals surface area contributed by atoms with Crippen LogP contribution in [-0.2, 0) is 0 Å². The highest BCUT2D eigenvalue weighted by atomic mass is 19.1. The summed E-state index contributed by atoms with van der Waals surface area (Å²) in [5.74, 6) is -0.219. The second-order valence-electron chi connectivity index (χ2n) is 4.62. The predicted octanol–water partition coefficient (Wildman–Crippen LogP) is 3.83. The van der Waals surface area contributed by atoms with Crippen LogP contribution in [-0.4, -0.2) is 5.78 Å². The van der Waals surface area contributed by atoms with E-state index in [4.69, 9.17) is 0 Å². The number of Topliss-reactive ketones (excluding diaryl/α,β-unsaturated/α-hetero) is 1. The Balaban J connectivity index is 2.74. The highest BCUT2D eigenvalue weighted by Gasteiger charge is 2.20. The maximum atomic E-state index is 12.6. The van der Waals surface area contributed by atoms with Gasteiger partial charge < -0.3 is 0 Å². The molecule has 82 valence electrons. The fraction of sp³-hybridized carbons (Fsp3) is 0.462. The van der Waals surface area contributed by atoms with Gasteiger partial charge in [0.1, 0.15) is 5.82 Å². The molecule has 15 heavy (non-hydrogen) atoms. The van der Waals surface area contributed by atoms with E-state index < -0.39 is 0 Å². The third-order valence-corrected chi connectivity index (χ3v) is 2.76. The number of rotatable bonds is 4. The maximum Gasteiger partial charge on any atom is 0.163 e. The van der Waals surface area contributed by atoms with Gasteiger partial charge in [0.15, 0.2) is 5.78 Å². The molecule has 0 amide bonds. The molecule has 0 aliphatic carbocycles. The van der Waals surface area contributed by atoms with Crippen molar-refractivity contribution in [1.29, 1.82) is 0 Å². The number of hydrogen-bond donors (Lipinski definition) is 0. The van der Waals surface area contributed by atoms with Gasteiger partial charge in [-0.3, -0.25) is 4.79 Å². The normalized spacial score (nSPS) is 11.5. The lowest BCUT2D eigenvalue weighted by Gasteiger charge is -2.21. The van der Waals surface area contributed by atoms with Gasteiger partial charge in [0.05, 0.1) is 0 Å². The van der Waals surface area contributed by atoms with Crippen LogP contribution in [0.3, 0.4) is 0 Å². The van der Waals surface area contributed by atoms with Crippen molar-refractivity contribution < 1.29 is 9.18 Å². The maximum absolute atomic E-state index is 12.6. The average molecular weight is 208 g/mol. The van der Waals surface area contributed by atoms with Crippen LogP contribution in [0.4, 0.5) is 4.39 Å². The van der Waals surface area contributed by atoms with Crippen LogP contribution in [0, 0.1) is 11.2 Å². The molecule has 1 aromatic rings. The highest BCUT2D eigenvalue weighted by molar-refractivity contribution is 5.96. The van der Waals surface area contributed by atoms with E-state index in [0.29, 0.717) is 12.0 Å². The van der Waals surface area contributed by atoms with Crippen LogP contribution in [0.15, 0.2) is 24.3 Å². The molecule has 0 spiro atoms. The second kappa shape index (κ2) is 4.56. The van der Waals surface area contributed by atoms with Crippen molar-refractivity contribution in [2.24, 2.45) is 5.41 Å². The summed E-state index contributed by atoms with van der Waals surface area (Å²) in [6, 6.07) is 5.74. The summed E-state index contributed by atoms with van der Waals surface area (Å²) in [6.45, 7) is 6.20. The van der Waals surface area contributed by atoms with Gasteiger partial charge in [0.25, 0.3) is 0 Å². The van der Waals surface area contributed by atoms with Crippen LogP contribution < -0.4 is 0 Å². The number of benzene rings is 1. The Morgan fingerprint density at radius 3 is 2.27 bits per heavy atom. The minimum absolute atomic E-state index is 0.0193. The molecular weight excluding hydrogens is 191 g/mol. The van der Waals surface area contributed by atoms with Gasteiger partial charge in [-0.15, -0.1) is 0 Å². The number of carbonyl (C=O) groups is 1. The number of halogens is 1. The number of carbonyl (C=O) groups excluding carboxylic acids is 1. The minimum atomic E-state index is -0.304. The van der Waals surface area contributed by atoms with E-state index in [1.165, 1.54) is 12.1 Å². The van der Waals surface area contributed by atoms with Gasteiger partial charge >= 0.3 is 0 Å². The lowest BCUT2D eigenvalue weighted by Crippen LogP contribution is -2.16. The van der Waals surface area contributed by atoms with E-state index in [9.17, 15) is 9.18 Å². The molecule has 1 aromatic carbocycles. The Bertz CT molecular complexity index is 338. The summed E-state index contributed by atoms with van der Waals surface area (Å²) in [4.78, 5) is 11.8. The summed E-state index contributed by atoms with van der Waals surface area (Å²) >= 11 is 0. The Hall–Kier alpha value is -1.18. The third kappa shape index (κ3) is 3.46. The molecule has 0 unspecified atom stereocenters. The van der Waals surface area contributed by atoms with Crippen LogP contribution >= 0.6 is 0 Å². The quantitative estimate of drug-likeness (QED) is 0.687. The molecule has 0 heterocycles. The molecule has 0 saturated heterocycles. The van der Waals surface area contributed by atoms with Crippen molar-refractivity contribution in [3.63, 3.8) is 0 Å². The standard InChI is InChI=1S/C13H17FO/c1-4-13(2,3)9-12(15)10-5-7-11(14)8-6-10/h5-8H,4,9H2,1-3H3. The molecule has 2 heteroatoms. The van der Waals surface area contributed by atoms with Crippen molar-refractivity contribution in [3.05, 3.63) is 35.6 Å². The van der Waals surface area contributed by atoms with Gasteiger partial charge in [-0.05, 0) is 29.7 Å². The first kappa shape index (κ1) is 11.9. The SMILES string of the molecule is CCC(C)(C)CC(=O)c1ccc(F)cc1. The van der Waals surface area contributed by atoms with Crippen molar-refractivity contribution >= 4 is 5.78 Å². The molecule has 0 N–H and O–H groups in total. The lowest BCUT2D eigenvalue weighted by molar-refractivity contribution is 0.0928. The molecule has 0 bridgehead atoms. The summed E-state index contributed by atoms with van der Waals surface area (Å²) < 4.78 is 12.6. The fourth-order valence-electron chi connectivity index (χ4n) is 1.30. The van der Waals surface area contributed by atoms with E-state index in [1.54, 1.807) is 12.1 Å². The molecule has 1 rings (SSSR count). The molecule has 0 aliphatic rings. The Labute approximate surface area is 90.3 Å². The van der Waals surface area contributed by atoms with Gasteiger partial charge in [0.2, 0.25) is 0 Å². The van der Waals surface area contributed by atoms with Crippen molar-refractivity contribution in [1.82, 2.24) is 0 Å². The smallest absolute Gasteiger partial charge is 0.163 e. The summed E-state index contributed by atoms with van der Waals surface area (Å²) in [6.07, 6.45) is 1.47. The summed E-state index contributed by atoms with van der Waals surface area (Å²) in [5, 5.41) is 0. The number of hydrogen-bond acceptors (Lipinski definition) is 1. The van der Waals surface area contributed by atoms with Gasteiger partial charge in [-0.25, -0.2) is 4.39 Å². The topological polar surface area (TPSA) is 17.1 Å². The zero-order valence-corrected chi connectivity index (χ0v) is 9.51. The highest BCUT2D eigenvalue weighted by Crippen LogP contribution is 2.26. The van der Waals surface area contributed by atoms with Crippen LogP contribution in [0.2, 0.25) is 0 Å². The van der Waals surface area contributed by atoms with E-state index >= 15 is 0 Å². The third-order valence-electron chi connectivity index (χ3n) is 2.76. The predicted molar refractivity (Wildman–Crippen MR) is 59.4 cm³/mol. The first-order chi connectivity index (χ1) is 6.94. The van der Waals surface area contributed by atoms with Crippen LogP contribution in [0.25, 0.3) is 0 Å². The monoisotopic (exact) mass is 208 g/mol. The largest absolute Gasteiger partial charge is 0.294 e. The van der Waals surface area contributed by atoms with Gasteiger partial charge in [-0.1, -0.05) is 27.2 Å². The summed E-state index contributed by atoms with van der Waals surface area (Å²) in [7, 11) is 0. The van der Waals surface area contributed by atoms with Gasteiger partial charge in [0, 0.05) is 12.0 Å². The van der Waals surface area contributed by atoms with Crippen molar-refractivity contribution in [3.8, 4) is 0 Å². The second-order valence-corrected chi connectivity index (χ2v) is 4.62. The zero-order valence-electron chi connectivity index (χ0n) is 9.51. The first-order valence-electron chi connectivity index (χ1n) is 5.23. The Kier molecular flexibility index (Phi) is 3.61.